The highest BCUT2D eigenvalue weighted by Gasteiger charge is 2.25. The number of benzene rings is 1. The number of hydrogen-bond donors (Lipinski definition) is 1. The smallest absolute Gasteiger partial charge is 0.331 e. The maximum Gasteiger partial charge on any atom is 0.331 e. The number of ether oxygens (including phenoxy) is 1. The summed E-state index contributed by atoms with van der Waals surface area (Å²) in [7, 11) is 1.19. The van der Waals surface area contributed by atoms with Gasteiger partial charge in [-0.05, 0) is 30.8 Å². The van der Waals surface area contributed by atoms with Crippen LogP contribution >= 0.6 is 11.8 Å². The zero-order chi connectivity index (χ0) is 17.0. The highest BCUT2D eigenvalue weighted by Crippen LogP contribution is 2.23. The van der Waals surface area contributed by atoms with Crippen LogP contribution in [0.1, 0.15) is 11.1 Å². The molecule has 1 fully saturated rings. The summed E-state index contributed by atoms with van der Waals surface area (Å²) in [5.41, 5.74) is -0.0543. The molecule has 1 aliphatic rings. The average molecular weight is 339 g/mol. The molecule has 120 valence electrons. The number of hydrogen-bond acceptors (Lipinski definition) is 6. The predicted molar refractivity (Wildman–Crippen MR) is 82.0 cm³/mol. The van der Waals surface area contributed by atoms with E-state index >= 15 is 0 Å². The molecular formula is C14H11F2N3O3S. The Morgan fingerprint density at radius 1 is 1.39 bits per heavy atom. The number of amidine groups is 1. The van der Waals surface area contributed by atoms with Gasteiger partial charge in [0.1, 0.15) is 11.6 Å². The van der Waals surface area contributed by atoms with Gasteiger partial charge in [0.15, 0.2) is 5.17 Å². The maximum absolute atomic E-state index is 13.8. The summed E-state index contributed by atoms with van der Waals surface area (Å²) in [6, 6.07) is 2.35. The second-order valence-corrected chi connectivity index (χ2v) is 5.34. The summed E-state index contributed by atoms with van der Waals surface area (Å²) in [6.45, 7) is 1.31. The fourth-order valence-corrected chi connectivity index (χ4v) is 2.31. The number of carbonyl (C=O) groups is 2. The Bertz CT molecular complexity index is 760. The molecule has 9 heteroatoms. The molecule has 0 aromatic heterocycles. The van der Waals surface area contributed by atoms with Crippen molar-refractivity contribution >= 4 is 35.0 Å². The van der Waals surface area contributed by atoms with Crippen molar-refractivity contribution in [2.45, 2.75) is 6.92 Å². The van der Waals surface area contributed by atoms with Gasteiger partial charge in [-0.15, -0.1) is 5.10 Å². The van der Waals surface area contributed by atoms with Crippen molar-refractivity contribution in [1.29, 1.82) is 0 Å². The Morgan fingerprint density at radius 2 is 2.13 bits per heavy atom. The van der Waals surface area contributed by atoms with Crippen molar-refractivity contribution in [1.82, 2.24) is 5.32 Å². The van der Waals surface area contributed by atoms with Crippen LogP contribution in [0.2, 0.25) is 0 Å². The minimum atomic E-state index is -0.733. The summed E-state index contributed by atoms with van der Waals surface area (Å²) >= 11 is 0.890. The van der Waals surface area contributed by atoms with Crippen LogP contribution in [0.15, 0.2) is 33.3 Å². The van der Waals surface area contributed by atoms with Gasteiger partial charge in [-0.3, -0.25) is 10.1 Å². The molecule has 1 saturated heterocycles. The van der Waals surface area contributed by atoms with E-state index in [9.17, 15) is 18.4 Å². The van der Waals surface area contributed by atoms with Crippen LogP contribution in [0.25, 0.3) is 0 Å². The molecule has 23 heavy (non-hydrogen) atoms. The van der Waals surface area contributed by atoms with Gasteiger partial charge in [-0.1, -0.05) is 0 Å². The van der Waals surface area contributed by atoms with E-state index < -0.39 is 23.5 Å². The third-order valence-corrected chi connectivity index (χ3v) is 3.70. The van der Waals surface area contributed by atoms with Crippen LogP contribution in [0.3, 0.4) is 0 Å². The molecule has 1 aliphatic heterocycles. The monoisotopic (exact) mass is 339 g/mol. The molecule has 1 N–H and O–H groups in total. The molecule has 1 aromatic carbocycles. The Morgan fingerprint density at radius 3 is 2.83 bits per heavy atom. The van der Waals surface area contributed by atoms with Gasteiger partial charge in [0.05, 0.1) is 18.2 Å². The number of thioether (sulfide) groups is 1. The van der Waals surface area contributed by atoms with Crippen molar-refractivity contribution in [3.8, 4) is 0 Å². The molecule has 0 atom stereocenters. The number of esters is 1. The van der Waals surface area contributed by atoms with Gasteiger partial charge >= 0.3 is 5.97 Å². The lowest BCUT2D eigenvalue weighted by atomic mass is 10.1. The number of rotatable bonds is 3. The standard InChI is InChI=1S/C14H11F2N3O3S/c1-7-9(15)4-3-8(12(7)16)6-17-19-14-18-13(21)10(23-14)5-11(20)22-2/h3-6H,1-2H3,(H,18,19,21)/b10-5+,17-6?. The second kappa shape index (κ2) is 7.14. The van der Waals surface area contributed by atoms with E-state index in [0.29, 0.717) is 0 Å². The highest BCUT2D eigenvalue weighted by atomic mass is 32.2. The van der Waals surface area contributed by atoms with Crippen LogP contribution in [-0.2, 0) is 14.3 Å². The van der Waals surface area contributed by atoms with Gasteiger partial charge < -0.3 is 4.74 Å². The predicted octanol–water partition coefficient (Wildman–Crippen LogP) is 1.88. The Balaban J connectivity index is 2.13. The van der Waals surface area contributed by atoms with E-state index in [1.165, 1.54) is 20.1 Å². The molecule has 1 heterocycles. The third-order valence-electron chi connectivity index (χ3n) is 2.80. The van der Waals surface area contributed by atoms with E-state index in [4.69, 9.17) is 0 Å². The summed E-state index contributed by atoms with van der Waals surface area (Å²) in [6.07, 6.45) is 2.12. The number of halogens is 2. The minimum Gasteiger partial charge on any atom is -0.466 e. The van der Waals surface area contributed by atoms with Gasteiger partial charge in [0.25, 0.3) is 5.91 Å². The maximum atomic E-state index is 13.8. The molecule has 0 unspecified atom stereocenters. The number of carbonyl (C=O) groups excluding carboxylic acids is 2. The largest absolute Gasteiger partial charge is 0.466 e. The van der Waals surface area contributed by atoms with E-state index in [-0.39, 0.29) is 21.2 Å². The zero-order valence-electron chi connectivity index (χ0n) is 12.1. The molecule has 0 spiro atoms. The minimum absolute atomic E-state index is 0.0629. The first-order valence-electron chi connectivity index (χ1n) is 6.27. The van der Waals surface area contributed by atoms with E-state index in [2.05, 4.69) is 20.3 Å². The normalized spacial score (nSPS) is 18.0. The second-order valence-electron chi connectivity index (χ2n) is 4.31. The van der Waals surface area contributed by atoms with Gasteiger partial charge in [-0.2, -0.15) is 5.10 Å². The zero-order valence-corrected chi connectivity index (χ0v) is 12.9. The molecule has 1 aromatic rings. The SMILES string of the molecule is COC(=O)/C=C1/S/C(=N\N=Cc2ccc(F)c(C)c2F)NC1=O. The number of methoxy groups -OCH3 is 1. The van der Waals surface area contributed by atoms with Gasteiger partial charge in [-0.25, -0.2) is 13.6 Å². The number of nitrogens with one attached hydrogen (secondary N) is 1. The first-order chi connectivity index (χ1) is 10.9. The first kappa shape index (κ1) is 16.8. The number of nitrogens with zero attached hydrogens (tertiary/aromatic N) is 2. The lowest BCUT2D eigenvalue weighted by Gasteiger charge is -2.00. The van der Waals surface area contributed by atoms with Crippen molar-refractivity contribution in [2.75, 3.05) is 7.11 Å². The topological polar surface area (TPSA) is 80.1 Å². The fourth-order valence-electron chi connectivity index (χ4n) is 1.57. The molecule has 0 bridgehead atoms. The van der Waals surface area contributed by atoms with Crippen LogP contribution in [0, 0.1) is 18.6 Å². The quantitative estimate of drug-likeness (QED) is 0.395. The highest BCUT2D eigenvalue weighted by molar-refractivity contribution is 8.18. The Labute approximate surface area is 134 Å². The van der Waals surface area contributed by atoms with Crippen molar-refractivity contribution in [3.05, 3.63) is 45.9 Å². The molecular weight excluding hydrogens is 328 g/mol. The van der Waals surface area contributed by atoms with E-state index in [1.54, 1.807) is 0 Å². The molecule has 0 aliphatic carbocycles. The molecule has 2 rings (SSSR count). The lowest BCUT2D eigenvalue weighted by molar-refractivity contribution is -0.135. The molecule has 1 amide bonds. The summed E-state index contributed by atoms with van der Waals surface area (Å²) < 4.78 is 31.3. The van der Waals surface area contributed by atoms with Crippen LogP contribution in [-0.4, -0.2) is 30.4 Å². The third kappa shape index (κ3) is 4.01. The van der Waals surface area contributed by atoms with E-state index in [0.717, 1.165) is 30.1 Å². The molecule has 6 nitrogen and oxygen atoms in total. The van der Waals surface area contributed by atoms with Crippen LogP contribution < -0.4 is 5.32 Å². The van der Waals surface area contributed by atoms with Crippen LogP contribution in [0.4, 0.5) is 8.78 Å². The Hall–Kier alpha value is -2.55. The Kier molecular flexibility index (Phi) is 5.22. The van der Waals surface area contributed by atoms with Crippen molar-refractivity contribution in [3.63, 3.8) is 0 Å². The number of amides is 1. The average Bonchev–Trinajstić information content (AvgIpc) is 2.87. The van der Waals surface area contributed by atoms with Gasteiger partial charge in [0.2, 0.25) is 0 Å². The first-order valence-corrected chi connectivity index (χ1v) is 7.08. The fraction of sp³-hybridized carbons (Fsp3) is 0.143. The molecule has 0 saturated carbocycles. The van der Waals surface area contributed by atoms with Crippen molar-refractivity contribution < 1.29 is 23.1 Å². The summed E-state index contributed by atoms with van der Waals surface area (Å²) in [5.74, 6) is -2.57. The lowest BCUT2D eigenvalue weighted by Crippen LogP contribution is -2.19. The van der Waals surface area contributed by atoms with Crippen LogP contribution in [0.5, 0.6) is 0 Å². The van der Waals surface area contributed by atoms with Crippen molar-refractivity contribution in [2.24, 2.45) is 10.2 Å². The summed E-state index contributed by atoms with van der Waals surface area (Å²) in [5, 5.41) is 9.87. The summed E-state index contributed by atoms with van der Waals surface area (Å²) in [4.78, 5) is 22.8. The van der Waals surface area contributed by atoms with E-state index in [1.807, 2.05) is 0 Å². The molecule has 0 radical (unpaired) electrons. The van der Waals surface area contributed by atoms with Gasteiger partial charge in [0, 0.05) is 17.2 Å².